The van der Waals surface area contributed by atoms with Crippen LogP contribution in [0.4, 0.5) is 0 Å². The zero-order chi connectivity index (χ0) is 16.8. The molecule has 0 aromatic heterocycles. The Bertz CT molecular complexity index is 446. The Labute approximate surface area is 130 Å². The number of rotatable bonds is 8. The standard InChI is InChI=1S/C13H25N2O6P/c1-5-20-22(18,21-6-2)12(10(3)14-17)15-9-7-8-11(15)13(16)19-4/h11-12,17H,5-9H2,1-4H3/b14-10+/t11-,12+/m0/s1. The predicted molar refractivity (Wildman–Crippen MR) is 81.3 cm³/mol. The Hall–Kier alpha value is -0.950. The number of nitrogens with zero attached hydrogens (tertiary/aromatic N) is 2. The smallest absolute Gasteiger partial charge is 0.353 e. The van der Waals surface area contributed by atoms with Crippen LogP contribution in [0.3, 0.4) is 0 Å². The third-order valence-electron chi connectivity index (χ3n) is 3.53. The Balaban J connectivity index is 3.22. The van der Waals surface area contributed by atoms with E-state index in [0.29, 0.717) is 13.0 Å². The zero-order valence-corrected chi connectivity index (χ0v) is 14.4. The molecule has 0 amide bonds. The van der Waals surface area contributed by atoms with Crippen LogP contribution in [0.1, 0.15) is 33.6 Å². The Morgan fingerprint density at radius 3 is 2.45 bits per heavy atom. The maximum atomic E-state index is 13.1. The van der Waals surface area contributed by atoms with Gasteiger partial charge in [-0.25, -0.2) is 0 Å². The lowest BCUT2D eigenvalue weighted by atomic mass is 10.2. The van der Waals surface area contributed by atoms with Crippen molar-refractivity contribution >= 4 is 19.3 Å². The predicted octanol–water partition coefficient (Wildman–Crippen LogP) is 2.07. The van der Waals surface area contributed by atoms with Crippen molar-refractivity contribution < 1.29 is 28.4 Å². The molecule has 0 unspecified atom stereocenters. The minimum Gasteiger partial charge on any atom is -0.468 e. The Morgan fingerprint density at radius 1 is 1.41 bits per heavy atom. The van der Waals surface area contributed by atoms with E-state index in [-0.39, 0.29) is 18.9 Å². The molecular weight excluding hydrogens is 311 g/mol. The number of methoxy groups -OCH3 is 1. The molecule has 1 heterocycles. The molecule has 0 spiro atoms. The summed E-state index contributed by atoms with van der Waals surface area (Å²) in [5.74, 6) is -1.32. The van der Waals surface area contributed by atoms with Crippen molar-refractivity contribution in [2.45, 2.75) is 45.4 Å². The number of likely N-dealkylation sites (tertiary alicyclic amines) is 1. The van der Waals surface area contributed by atoms with Crippen LogP contribution in [0.2, 0.25) is 0 Å². The van der Waals surface area contributed by atoms with E-state index in [1.165, 1.54) is 14.0 Å². The highest BCUT2D eigenvalue weighted by molar-refractivity contribution is 7.55. The second-order valence-electron chi connectivity index (χ2n) is 4.91. The van der Waals surface area contributed by atoms with Crippen molar-refractivity contribution in [1.82, 2.24) is 4.90 Å². The van der Waals surface area contributed by atoms with Gasteiger partial charge in [0.1, 0.15) is 6.04 Å². The molecule has 0 radical (unpaired) electrons. The van der Waals surface area contributed by atoms with E-state index >= 15 is 0 Å². The van der Waals surface area contributed by atoms with Gasteiger partial charge in [0.25, 0.3) is 0 Å². The molecule has 0 saturated carbocycles. The summed E-state index contributed by atoms with van der Waals surface area (Å²) >= 11 is 0. The largest absolute Gasteiger partial charge is 0.468 e. The van der Waals surface area contributed by atoms with Gasteiger partial charge < -0.3 is 19.0 Å². The molecule has 1 aliphatic rings. The lowest BCUT2D eigenvalue weighted by Crippen LogP contribution is -2.47. The van der Waals surface area contributed by atoms with Crippen molar-refractivity contribution in [2.24, 2.45) is 5.16 Å². The normalized spacial score (nSPS) is 21.8. The number of ether oxygens (including phenoxy) is 1. The fourth-order valence-corrected chi connectivity index (χ4v) is 4.94. The van der Waals surface area contributed by atoms with E-state index in [1.807, 2.05) is 0 Å². The van der Waals surface area contributed by atoms with E-state index in [1.54, 1.807) is 18.7 Å². The first-order valence-corrected chi connectivity index (χ1v) is 8.97. The number of hydrogen-bond donors (Lipinski definition) is 1. The maximum Gasteiger partial charge on any atom is 0.353 e. The van der Waals surface area contributed by atoms with E-state index in [0.717, 1.165) is 6.42 Å². The molecule has 2 atom stereocenters. The molecule has 9 heteroatoms. The molecule has 1 rings (SSSR count). The van der Waals surface area contributed by atoms with Gasteiger partial charge in [-0.2, -0.15) is 0 Å². The second kappa shape index (κ2) is 8.62. The van der Waals surface area contributed by atoms with Crippen LogP contribution in [0.15, 0.2) is 5.16 Å². The number of carbonyl (C=O) groups is 1. The summed E-state index contributed by atoms with van der Waals surface area (Å²) in [6.07, 6.45) is 1.33. The van der Waals surface area contributed by atoms with Gasteiger partial charge >= 0.3 is 13.6 Å². The first kappa shape index (κ1) is 19.1. The minimum atomic E-state index is -3.61. The molecule has 1 aliphatic heterocycles. The molecule has 0 aromatic rings. The topological polar surface area (TPSA) is 97.7 Å². The molecule has 0 aliphatic carbocycles. The van der Waals surface area contributed by atoms with Gasteiger partial charge in [-0.1, -0.05) is 5.16 Å². The van der Waals surface area contributed by atoms with Crippen LogP contribution < -0.4 is 0 Å². The first-order chi connectivity index (χ1) is 10.4. The summed E-state index contributed by atoms with van der Waals surface area (Å²) < 4.78 is 28.7. The van der Waals surface area contributed by atoms with Crippen molar-refractivity contribution in [3.8, 4) is 0 Å². The SMILES string of the molecule is CCOP(=O)(OCC)[C@H](/C(C)=N/O)N1CCC[C@H]1C(=O)OC. The first-order valence-electron chi connectivity index (χ1n) is 7.36. The molecule has 128 valence electrons. The third kappa shape index (κ3) is 4.07. The maximum absolute atomic E-state index is 13.1. The highest BCUT2D eigenvalue weighted by atomic mass is 31.2. The van der Waals surface area contributed by atoms with Crippen LogP contribution in [-0.4, -0.2) is 60.5 Å². The van der Waals surface area contributed by atoms with Gasteiger partial charge in [0, 0.05) is 6.54 Å². The fourth-order valence-electron chi connectivity index (χ4n) is 2.71. The van der Waals surface area contributed by atoms with E-state index in [2.05, 4.69) is 5.16 Å². The van der Waals surface area contributed by atoms with Crippen LogP contribution in [0, 0.1) is 0 Å². The summed E-state index contributed by atoms with van der Waals surface area (Å²) in [5, 5.41) is 12.3. The van der Waals surface area contributed by atoms with Crippen LogP contribution in [0.5, 0.6) is 0 Å². The lowest BCUT2D eigenvalue weighted by molar-refractivity contribution is -0.145. The fraction of sp³-hybridized carbons (Fsp3) is 0.846. The number of oxime groups is 1. The van der Waals surface area contributed by atoms with Gasteiger partial charge in [0.2, 0.25) is 0 Å². The summed E-state index contributed by atoms with van der Waals surface area (Å²) in [7, 11) is -2.30. The number of hydrogen-bond acceptors (Lipinski definition) is 8. The molecule has 8 nitrogen and oxygen atoms in total. The number of carbonyl (C=O) groups excluding carboxylic acids is 1. The van der Waals surface area contributed by atoms with Crippen molar-refractivity contribution in [1.29, 1.82) is 0 Å². The summed E-state index contributed by atoms with van der Waals surface area (Å²) in [4.78, 5) is 13.6. The van der Waals surface area contributed by atoms with Crippen molar-refractivity contribution in [3.05, 3.63) is 0 Å². The zero-order valence-electron chi connectivity index (χ0n) is 13.5. The minimum absolute atomic E-state index is 0.182. The van der Waals surface area contributed by atoms with Crippen LogP contribution in [-0.2, 0) is 23.1 Å². The third-order valence-corrected chi connectivity index (χ3v) is 6.04. The highest BCUT2D eigenvalue weighted by Crippen LogP contribution is 2.55. The molecule has 1 saturated heterocycles. The van der Waals surface area contributed by atoms with Gasteiger partial charge in [0.15, 0.2) is 5.78 Å². The van der Waals surface area contributed by atoms with E-state index < -0.39 is 25.4 Å². The van der Waals surface area contributed by atoms with E-state index in [9.17, 15) is 9.36 Å². The molecule has 1 fully saturated rings. The van der Waals surface area contributed by atoms with E-state index in [4.69, 9.17) is 19.0 Å². The van der Waals surface area contributed by atoms with Gasteiger partial charge in [-0.15, -0.1) is 0 Å². The Kier molecular flexibility index (Phi) is 7.48. The van der Waals surface area contributed by atoms with Gasteiger partial charge in [-0.05, 0) is 33.6 Å². The monoisotopic (exact) mass is 336 g/mol. The lowest BCUT2D eigenvalue weighted by Gasteiger charge is -2.35. The molecule has 0 aromatic carbocycles. The quantitative estimate of drug-likeness (QED) is 0.238. The van der Waals surface area contributed by atoms with Crippen molar-refractivity contribution in [3.63, 3.8) is 0 Å². The summed E-state index contributed by atoms with van der Waals surface area (Å²) in [6, 6.07) is -0.555. The highest BCUT2D eigenvalue weighted by Gasteiger charge is 2.48. The second-order valence-corrected chi connectivity index (χ2v) is 6.99. The van der Waals surface area contributed by atoms with Crippen LogP contribution in [0.25, 0.3) is 0 Å². The van der Waals surface area contributed by atoms with Crippen LogP contribution >= 0.6 is 7.60 Å². The average molecular weight is 336 g/mol. The molecule has 1 N–H and O–H groups in total. The average Bonchev–Trinajstić information content (AvgIpc) is 2.95. The van der Waals surface area contributed by atoms with Gasteiger partial charge in [-0.3, -0.25) is 14.3 Å². The molecular formula is C13H25N2O6P. The number of esters is 1. The summed E-state index contributed by atoms with van der Waals surface area (Å²) in [5.41, 5.74) is 0.182. The van der Waals surface area contributed by atoms with Crippen molar-refractivity contribution in [2.75, 3.05) is 26.9 Å². The molecule has 22 heavy (non-hydrogen) atoms. The summed E-state index contributed by atoms with van der Waals surface area (Å²) in [6.45, 7) is 5.82. The Morgan fingerprint density at radius 2 is 2.00 bits per heavy atom. The molecule has 0 bridgehead atoms. The van der Waals surface area contributed by atoms with Gasteiger partial charge in [0.05, 0.1) is 26.0 Å².